The maximum absolute atomic E-state index is 5.69. The fourth-order valence-electron chi connectivity index (χ4n) is 2.07. The molecule has 0 saturated carbocycles. The highest BCUT2D eigenvalue weighted by Gasteiger charge is 2.08. The molecule has 3 rings (SSSR count). The Hall–Kier alpha value is -2.40. The van der Waals surface area contributed by atoms with Crippen LogP contribution in [0.15, 0.2) is 69.2 Å². The van der Waals surface area contributed by atoms with E-state index in [9.17, 15) is 0 Å². The van der Waals surface area contributed by atoms with E-state index in [0.29, 0.717) is 11.1 Å². The van der Waals surface area contributed by atoms with Crippen LogP contribution in [-0.2, 0) is 0 Å². The first-order valence-electron chi connectivity index (χ1n) is 8.01. The minimum atomic E-state index is 0.549. The summed E-state index contributed by atoms with van der Waals surface area (Å²) in [5, 5.41) is 8.82. The predicted molar refractivity (Wildman–Crippen MR) is 99.1 cm³/mol. The second kappa shape index (κ2) is 8.45. The lowest BCUT2D eigenvalue weighted by Gasteiger charge is -1.97. The van der Waals surface area contributed by atoms with Crippen LogP contribution < -0.4 is 0 Å². The van der Waals surface area contributed by atoms with E-state index in [1.807, 2.05) is 60.8 Å². The summed E-state index contributed by atoms with van der Waals surface area (Å²) in [7, 11) is 0. The van der Waals surface area contributed by atoms with Crippen LogP contribution in [-0.4, -0.2) is 22.2 Å². The van der Waals surface area contributed by atoms with Crippen LogP contribution in [0.5, 0.6) is 0 Å². The molecule has 0 aliphatic carbocycles. The molecular formula is C19H19N3OS. The van der Waals surface area contributed by atoms with Crippen molar-refractivity contribution in [3.8, 4) is 11.5 Å². The van der Waals surface area contributed by atoms with Crippen LogP contribution in [0.3, 0.4) is 0 Å². The van der Waals surface area contributed by atoms with Gasteiger partial charge in [0.05, 0.1) is 5.69 Å². The SMILES string of the molecule is CCCCSc1nnc(-c2ccc(N=Cc3ccccc3)cc2)o1. The normalized spacial score (nSPS) is 11.2. The van der Waals surface area contributed by atoms with Crippen molar-refractivity contribution in [3.63, 3.8) is 0 Å². The Kier molecular flexibility index (Phi) is 5.80. The van der Waals surface area contributed by atoms with Gasteiger partial charge in [0.1, 0.15) is 0 Å². The van der Waals surface area contributed by atoms with Crippen molar-refractivity contribution in [1.29, 1.82) is 0 Å². The first-order valence-corrected chi connectivity index (χ1v) is 8.99. The molecule has 3 aromatic rings. The monoisotopic (exact) mass is 337 g/mol. The number of benzene rings is 2. The summed E-state index contributed by atoms with van der Waals surface area (Å²) in [5.41, 5.74) is 2.87. The van der Waals surface area contributed by atoms with Gasteiger partial charge < -0.3 is 4.42 Å². The molecule has 0 aliphatic rings. The highest BCUT2D eigenvalue weighted by Crippen LogP contribution is 2.25. The standard InChI is InChI=1S/C19H19N3OS/c1-2-3-13-24-19-22-21-18(23-19)16-9-11-17(12-10-16)20-14-15-7-5-4-6-8-15/h4-12,14H,2-3,13H2,1H3. The highest BCUT2D eigenvalue weighted by atomic mass is 32.2. The lowest BCUT2D eigenvalue weighted by molar-refractivity contribution is 0.466. The topological polar surface area (TPSA) is 51.3 Å². The molecule has 0 aliphatic heterocycles. The maximum Gasteiger partial charge on any atom is 0.276 e. The Labute approximate surface area is 146 Å². The molecule has 0 atom stereocenters. The summed E-state index contributed by atoms with van der Waals surface area (Å²) in [6.45, 7) is 2.17. The highest BCUT2D eigenvalue weighted by molar-refractivity contribution is 7.99. The fraction of sp³-hybridized carbons (Fsp3) is 0.211. The number of hydrogen-bond donors (Lipinski definition) is 0. The summed E-state index contributed by atoms with van der Waals surface area (Å²) >= 11 is 1.61. The van der Waals surface area contributed by atoms with Gasteiger partial charge in [-0.3, -0.25) is 4.99 Å². The zero-order valence-electron chi connectivity index (χ0n) is 13.6. The maximum atomic E-state index is 5.69. The minimum absolute atomic E-state index is 0.549. The van der Waals surface area contributed by atoms with Crippen molar-refractivity contribution in [2.45, 2.75) is 25.0 Å². The quantitative estimate of drug-likeness (QED) is 0.330. The van der Waals surface area contributed by atoms with E-state index in [2.05, 4.69) is 22.1 Å². The van der Waals surface area contributed by atoms with Gasteiger partial charge in [-0.25, -0.2) is 0 Å². The van der Waals surface area contributed by atoms with Crippen molar-refractivity contribution in [1.82, 2.24) is 10.2 Å². The van der Waals surface area contributed by atoms with Gasteiger partial charge in [-0.05, 0) is 36.2 Å². The molecule has 0 radical (unpaired) electrons. The van der Waals surface area contributed by atoms with Crippen molar-refractivity contribution in [2.75, 3.05) is 5.75 Å². The molecule has 122 valence electrons. The van der Waals surface area contributed by atoms with Crippen molar-refractivity contribution < 1.29 is 4.42 Å². The summed E-state index contributed by atoms with van der Waals surface area (Å²) in [6, 6.07) is 17.8. The predicted octanol–water partition coefficient (Wildman–Crippen LogP) is 5.38. The Morgan fingerprint density at radius 2 is 1.83 bits per heavy atom. The Bertz CT molecular complexity index is 782. The van der Waals surface area contributed by atoms with Gasteiger partial charge >= 0.3 is 0 Å². The van der Waals surface area contributed by atoms with Crippen LogP contribution >= 0.6 is 11.8 Å². The second-order valence-corrected chi connectivity index (χ2v) is 6.34. The summed E-state index contributed by atoms with van der Waals surface area (Å²) in [4.78, 5) is 4.47. The molecule has 0 fully saturated rings. The zero-order valence-corrected chi connectivity index (χ0v) is 14.4. The Morgan fingerprint density at radius 1 is 1.04 bits per heavy atom. The smallest absolute Gasteiger partial charge is 0.276 e. The first kappa shape index (κ1) is 16.5. The second-order valence-electron chi connectivity index (χ2n) is 5.29. The van der Waals surface area contributed by atoms with Gasteiger partial charge in [0, 0.05) is 17.5 Å². The molecular weight excluding hydrogens is 318 g/mol. The number of unbranched alkanes of at least 4 members (excludes halogenated alkanes) is 1. The summed E-state index contributed by atoms with van der Waals surface area (Å²) < 4.78 is 5.69. The van der Waals surface area contributed by atoms with E-state index in [1.54, 1.807) is 11.8 Å². The number of thioether (sulfide) groups is 1. The number of aliphatic imine (C=N–C) groups is 1. The molecule has 4 nitrogen and oxygen atoms in total. The summed E-state index contributed by atoms with van der Waals surface area (Å²) in [5.74, 6) is 1.55. The molecule has 2 aromatic carbocycles. The van der Waals surface area contributed by atoms with Gasteiger partial charge in [-0.1, -0.05) is 55.4 Å². The lowest BCUT2D eigenvalue weighted by atomic mass is 10.2. The van der Waals surface area contributed by atoms with Crippen LogP contribution in [0.2, 0.25) is 0 Å². The third kappa shape index (κ3) is 4.55. The molecule has 1 aromatic heterocycles. The zero-order chi connectivity index (χ0) is 16.6. The third-order valence-corrected chi connectivity index (χ3v) is 4.31. The third-order valence-electron chi connectivity index (χ3n) is 3.41. The lowest BCUT2D eigenvalue weighted by Crippen LogP contribution is -1.79. The first-order chi connectivity index (χ1) is 11.8. The van der Waals surface area contributed by atoms with Gasteiger partial charge in [-0.15, -0.1) is 10.2 Å². The van der Waals surface area contributed by atoms with E-state index < -0.39 is 0 Å². The number of aromatic nitrogens is 2. The van der Waals surface area contributed by atoms with E-state index in [0.717, 1.165) is 29.0 Å². The Morgan fingerprint density at radius 3 is 2.58 bits per heavy atom. The van der Waals surface area contributed by atoms with Crippen molar-refractivity contribution in [2.24, 2.45) is 4.99 Å². The van der Waals surface area contributed by atoms with Crippen molar-refractivity contribution in [3.05, 3.63) is 60.2 Å². The van der Waals surface area contributed by atoms with E-state index in [-0.39, 0.29) is 0 Å². The molecule has 0 amide bonds. The summed E-state index contributed by atoms with van der Waals surface area (Å²) in [6.07, 6.45) is 4.17. The van der Waals surface area contributed by atoms with Gasteiger partial charge in [-0.2, -0.15) is 0 Å². The van der Waals surface area contributed by atoms with E-state index in [4.69, 9.17) is 4.42 Å². The van der Waals surface area contributed by atoms with Crippen LogP contribution in [0.25, 0.3) is 11.5 Å². The van der Waals surface area contributed by atoms with Crippen LogP contribution in [0, 0.1) is 0 Å². The molecule has 0 saturated heterocycles. The number of hydrogen-bond acceptors (Lipinski definition) is 5. The van der Waals surface area contributed by atoms with Crippen LogP contribution in [0.4, 0.5) is 5.69 Å². The average molecular weight is 337 g/mol. The van der Waals surface area contributed by atoms with Crippen molar-refractivity contribution >= 4 is 23.7 Å². The molecule has 0 spiro atoms. The molecule has 0 unspecified atom stereocenters. The van der Waals surface area contributed by atoms with Gasteiger partial charge in [0.15, 0.2) is 0 Å². The molecule has 24 heavy (non-hydrogen) atoms. The number of rotatable bonds is 7. The molecule has 0 N–H and O–H groups in total. The molecule has 0 bridgehead atoms. The largest absolute Gasteiger partial charge is 0.411 e. The van der Waals surface area contributed by atoms with Crippen LogP contribution in [0.1, 0.15) is 25.3 Å². The minimum Gasteiger partial charge on any atom is -0.411 e. The van der Waals surface area contributed by atoms with Gasteiger partial charge in [0.25, 0.3) is 5.22 Å². The molecule has 5 heteroatoms. The van der Waals surface area contributed by atoms with E-state index in [1.165, 1.54) is 6.42 Å². The fourth-order valence-corrected chi connectivity index (χ4v) is 2.91. The average Bonchev–Trinajstić information content (AvgIpc) is 3.10. The molecule has 1 heterocycles. The Balaban J connectivity index is 1.65. The number of nitrogens with zero attached hydrogens (tertiary/aromatic N) is 3. The van der Waals surface area contributed by atoms with Gasteiger partial charge in [0.2, 0.25) is 5.89 Å². The van der Waals surface area contributed by atoms with E-state index >= 15 is 0 Å².